The molecule has 0 aliphatic heterocycles. The van der Waals surface area contributed by atoms with Crippen molar-refractivity contribution in [2.24, 2.45) is 0 Å². The normalized spacial score (nSPS) is 10.3. The molecule has 0 heterocycles. The summed E-state index contributed by atoms with van der Waals surface area (Å²) in [6.45, 7) is 1.75. The molecule has 0 unspecified atom stereocenters. The highest BCUT2D eigenvalue weighted by Crippen LogP contribution is 2.24. The van der Waals surface area contributed by atoms with E-state index in [2.05, 4.69) is 5.32 Å². The van der Waals surface area contributed by atoms with Gasteiger partial charge in [-0.25, -0.2) is 0 Å². The number of carbonyl (C=O) groups excluding carboxylic acids is 2. The summed E-state index contributed by atoms with van der Waals surface area (Å²) < 4.78 is 5.76. The molecule has 1 amide bonds. The lowest BCUT2D eigenvalue weighted by molar-refractivity contribution is 0.100. The van der Waals surface area contributed by atoms with Gasteiger partial charge in [-0.2, -0.15) is 0 Å². The average molecular weight is 380 g/mol. The number of nitrogens with one attached hydrogen (secondary N) is 1. The quantitative estimate of drug-likeness (QED) is 0.585. The van der Waals surface area contributed by atoms with Crippen LogP contribution >= 0.6 is 11.6 Å². The number of ketones is 1. The lowest BCUT2D eigenvalue weighted by Crippen LogP contribution is -2.11. The largest absolute Gasteiger partial charge is 0.488 e. The van der Waals surface area contributed by atoms with Crippen LogP contribution < -0.4 is 10.1 Å². The number of rotatable bonds is 6. The number of hydrogen-bond acceptors (Lipinski definition) is 3. The summed E-state index contributed by atoms with van der Waals surface area (Å²) in [7, 11) is 0. The number of hydrogen-bond donors (Lipinski definition) is 1. The third-order valence-electron chi connectivity index (χ3n) is 3.96. The van der Waals surface area contributed by atoms with E-state index in [1.54, 1.807) is 30.3 Å². The molecule has 0 saturated carbocycles. The van der Waals surface area contributed by atoms with Gasteiger partial charge in [-0.15, -0.1) is 0 Å². The third-order valence-corrected chi connectivity index (χ3v) is 4.20. The third kappa shape index (κ3) is 4.96. The van der Waals surface area contributed by atoms with Crippen LogP contribution in [0.1, 0.15) is 33.2 Å². The molecule has 5 heteroatoms. The molecule has 27 heavy (non-hydrogen) atoms. The van der Waals surface area contributed by atoms with Crippen molar-refractivity contribution in [3.8, 4) is 5.75 Å². The van der Waals surface area contributed by atoms with Gasteiger partial charge in [0.2, 0.25) is 0 Å². The second kappa shape index (κ2) is 8.52. The number of anilines is 1. The fourth-order valence-electron chi connectivity index (χ4n) is 2.54. The Morgan fingerprint density at radius 3 is 2.33 bits per heavy atom. The summed E-state index contributed by atoms with van der Waals surface area (Å²) in [5.74, 6) is 0.198. The Morgan fingerprint density at radius 2 is 1.67 bits per heavy atom. The van der Waals surface area contributed by atoms with Crippen LogP contribution in [0.3, 0.4) is 0 Å². The summed E-state index contributed by atoms with van der Waals surface area (Å²) in [6.07, 6.45) is 0. The van der Waals surface area contributed by atoms with Crippen LogP contribution in [0.25, 0.3) is 0 Å². The summed E-state index contributed by atoms with van der Waals surface area (Å²) in [5, 5.41) is 3.33. The molecule has 4 nitrogen and oxygen atoms in total. The summed E-state index contributed by atoms with van der Waals surface area (Å²) in [5.41, 5.74) is 2.63. The summed E-state index contributed by atoms with van der Waals surface area (Å²) in [6, 6.07) is 21.4. The Kier molecular flexibility index (Phi) is 5.89. The van der Waals surface area contributed by atoms with E-state index in [1.807, 2.05) is 42.5 Å². The van der Waals surface area contributed by atoms with Crippen molar-refractivity contribution in [1.82, 2.24) is 0 Å². The first-order chi connectivity index (χ1) is 13.0. The van der Waals surface area contributed by atoms with Crippen LogP contribution in [0.5, 0.6) is 5.75 Å². The molecule has 1 N–H and O–H groups in total. The summed E-state index contributed by atoms with van der Waals surface area (Å²) in [4.78, 5) is 24.0. The highest BCUT2D eigenvalue weighted by molar-refractivity contribution is 6.31. The zero-order valence-corrected chi connectivity index (χ0v) is 15.5. The Bertz CT molecular complexity index is 953. The fourth-order valence-corrected chi connectivity index (χ4v) is 2.71. The molecular weight excluding hydrogens is 362 g/mol. The molecule has 3 rings (SSSR count). The van der Waals surface area contributed by atoms with E-state index in [1.165, 1.54) is 6.92 Å². The van der Waals surface area contributed by atoms with Crippen molar-refractivity contribution >= 4 is 29.0 Å². The number of halogens is 1. The molecule has 0 bridgehead atoms. The maximum atomic E-state index is 12.3. The van der Waals surface area contributed by atoms with Crippen molar-refractivity contribution in [1.29, 1.82) is 0 Å². The van der Waals surface area contributed by atoms with Crippen LogP contribution in [0.2, 0.25) is 5.02 Å². The molecule has 0 atom stereocenters. The number of Topliss-reactive ketones (excluding diaryl/α,β-unsaturated/α-hetero) is 1. The molecule has 0 aliphatic carbocycles. The smallest absolute Gasteiger partial charge is 0.255 e. The monoisotopic (exact) mass is 379 g/mol. The Hall–Kier alpha value is -3.11. The van der Waals surface area contributed by atoms with Gasteiger partial charge in [-0.3, -0.25) is 9.59 Å². The van der Waals surface area contributed by atoms with Crippen molar-refractivity contribution in [3.05, 3.63) is 94.5 Å². The minimum absolute atomic E-state index is 0.111. The first kappa shape index (κ1) is 18.7. The molecule has 0 fully saturated rings. The number of carbonyl (C=O) groups is 2. The van der Waals surface area contributed by atoms with Crippen molar-refractivity contribution in [2.45, 2.75) is 13.5 Å². The maximum Gasteiger partial charge on any atom is 0.255 e. The minimum Gasteiger partial charge on any atom is -0.488 e. The van der Waals surface area contributed by atoms with Gasteiger partial charge < -0.3 is 10.1 Å². The van der Waals surface area contributed by atoms with Crippen LogP contribution in [0, 0.1) is 0 Å². The lowest BCUT2D eigenvalue weighted by atomic mass is 10.1. The zero-order valence-electron chi connectivity index (χ0n) is 14.7. The average Bonchev–Trinajstić information content (AvgIpc) is 2.68. The van der Waals surface area contributed by atoms with E-state index in [4.69, 9.17) is 16.3 Å². The van der Waals surface area contributed by atoms with Crippen LogP contribution in [0.4, 0.5) is 5.69 Å². The molecule has 0 radical (unpaired) electrons. The highest BCUT2D eigenvalue weighted by atomic mass is 35.5. The van der Waals surface area contributed by atoms with Gasteiger partial charge in [-0.05, 0) is 55.0 Å². The van der Waals surface area contributed by atoms with Gasteiger partial charge in [0, 0.05) is 16.3 Å². The first-order valence-corrected chi connectivity index (χ1v) is 8.79. The van der Waals surface area contributed by atoms with E-state index in [9.17, 15) is 9.59 Å². The van der Waals surface area contributed by atoms with Crippen molar-refractivity contribution in [3.63, 3.8) is 0 Å². The molecule has 0 aromatic heterocycles. The minimum atomic E-state index is -0.176. The van der Waals surface area contributed by atoms with Crippen LogP contribution in [-0.4, -0.2) is 11.7 Å². The van der Waals surface area contributed by atoms with Crippen LogP contribution in [-0.2, 0) is 6.61 Å². The van der Waals surface area contributed by atoms with Gasteiger partial charge >= 0.3 is 0 Å². The fraction of sp³-hybridized carbons (Fsp3) is 0.0909. The van der Waals surface area contributed by atoms with E-state index < -0.39 is 0 Å². The standard InChI is InChI=1S/C22H18ClNO3/c1-15(25)20-13-18(23)11-12-21(20)27-14-16-7-9-17(10-8-16)22(26)24-19-5-3-2-4-6-19/h2-13H,14H2,1H3,(H,24,26). The summed E-state index contributed by atoms with van der Waals surface area (Å²) >= 11 is 5.94. The Labute approximate surface area is 162 Å². The topological polar surface area (TPSA) is 55.4 Å². The van der Waals surface area contributed by atoms with Crippen LogP contribution in [0.15, 0.2) is 72.8 Å². The molecule has 0 aliphatic rings. The SMILES string of the molecule is CC(=O)c1cc(Cl)ccc1OCc1ccc(C(=O)Nc2ccccc2)cc1. The predicted octanol–water partition coefficient (Wildman–Crippen LogP) is 5.37. The van der Waals surface area contributed by atoms with E-state index >= 15 is 0 Å². The van der Waals surface area contributed by atoms with Gasteiger partial charge in [-0.1, -0.05) is 41.9 Å². The van der Waals surface area contributed by atoms with Crippen molar-refractivity contribution in [2.75, 3.05) is 5.32 Å². The zero-order chi connectivity index (χ0) is 19.2. The lowest BCUT2D eigenvalue weighted by Gasteiger charge is -2.11. The number of amides is 1. The highest BCUT2D eigenvalue weighted by Gasteiger charge is 2.10. The molecule has 0 spiro atoms. The molecule has 0 saturated heterocycles. The Morgan fingerprint density at radius 1 is 0.963 bits per heavy atom. The van der Waals surface area contributed by atoms with E-state index in [0.29, 0.717) is 21.9 Å². The van der Waals surface area contributed by atoms with Crippen molar-refractivity contribution < 1.29 is 14.3 Å². The molecule has 3 aromatic rings. The van der Waals surface area contributed by atoms with E-state index in [0.717, 1.165) is 11.3 Å². The number of para-hydroxylation sites is 1. The van der Waals surface area contributed by atoms with Gasteiger partial charge in [0.25, 0.3) is 5.91 Å². The number of ether oxygens (including phenoxy) is 1. The molecule has 3 aromatic carbocycles. The van der Waals surface area contributed by atoms with E-state index in [-0.39, 0.29) is 18.3 Å². The van der Waals surface area contributed by atoms with Gasteiger partial charge in [0.05, 0.1) is 5.56 Å². The maximum absolute atomic E-state index is 12.3. The molecular formula is C22H18ClNO3. The van der Waals surface area contributed by atoms with Gasteiger partial charge in [0.15, 0.2) is 5.78 Å². The Balaban J connectivity index is 1.65. The predicted molar refractivity (Wildman–Crippen MR) is 107 cm³/mol. The second-order valence-corrected chi connectivity index (χ2v) is 6.44. The number of benzene rings is 3. The first-order valence-electron chi connectivity index (χ1n) is 8.41. The van der Waals surface area contributed by atoms with Gasteiger partial charge in [0.1, 0.15) is 12.4 Å². The molecule has 136 valence electrons. The second-order valence-electron chi connectivity index (χ2n) is 6.00.